The summed E-state index contributed by atoms with van der Waals surface area (Å²) in [5.74, 6) is 0.436. The molecule has 1 fully saturated rings. The van der Waals surface area contributed by atoms with Gasteiger partial charge in [-0.1, -0.05) is 18.2 Å². The van der Waals surface area contributed by atoms with Gasteiger partial charge in [0.2, 0.25) is 0 Å². The molecule has 0 bridgehead atoms. The van der Waals surface area contributed by atoms with Crippen LogP contribution in [0.3, 0.4) is 0 Å². The number of benzene rings is 1. The van der Waals surface area contributed by atoms with E-state index in [9.17, 15) is 14.4 Å². The first-order valence-corrected chi connectivity index (χ1v) is 9.28. The van der Waals surface area contributed by atoms with Gasteiger partial charge in [-0.3, -0.25) is 19.6 Å². The van der Waals surface area contributed by atoms with Gasteiger partial charge in [0.25, 0.3) is 11.5 Å². The van der Waals surface area contributed by atoms with Gasteiger partial charge in [0.05, 0.1) is 18.5 Å². The molecule has 1 unspecified atom stereocenters. The zero-order valence-electron chi connectivity index (χ0n) is 16.1. The number of para-hydroxylation sites is 1. The van der Waals surface area contributed by atoms with Gasteiger partial charge in [-0.05, 0) is 24.6 Å². The second-order valence-electron chi connectivity index (χ2n) is 6.92. The van der Waals surface area contributed by atoms with Gasteiger partial charge in [0.15, 0.2) is 0 Å². The molecule has 1 aromatic carbocycles. The normalized spacial score (nSPS) is 16.8. The topological polar surface area (TPSA) is 120 Å². The maximum Gasteiger partial charge on any atom is 0.327 e. The highest BCUT2D eigenvalue weighted by Crippen LogP contribution is 2.31. The van der Waals surface area contributed by atoms with Crippen LogP contribution < -0.4 is 21.3 Å². The third-order valence-corrected chi connectivity index (χ3v) is 5.12. The number of aromatic amines is 2. The molecule has 3 N–H and O–H groups in total. The van der Waals surface area contributed by atoms with Crippen molar-refractivity contribution < 1.29 is 9.53 Å². The second-order valence-corrected chi connectivity index (χ2v) is 6.92. The number of rotatable bonds is 3. The van der Waals surface area contributed by atoms with Crippen LogP contribution in [0.4, 0.5) is 0 Å². The molecule has 3 heterocycles. The summed E-state index contributed by atoms with van der Waals surface area (Å²) in [7, 11) is 1.60. The molecule has 0 aliphatic carbocycles. The molecule has 2 aromatic heterocycles. The van der Waals surface area contributed by atoms with Gasteiger partial charge >= 0.3 is 5.69 Å². The SMILES string of the molecule is COc1ccccc1C1CNCCN1C(=O)c1cc(C)c2c(=O)[nH]c(=O)[nH]c2n1. The number of hydrogen-bond acceptors (Lipinski definition) is 6. The Labute approximate surface area is 165 Å². The molecule has 1 saturated heterocycles. The summed E-state index contributed by atoms with van der Waals surface area (Å²) in [5, 5.41) is 3.58. The number of hydrogen-bond donors (Lipinski definition) is 3. The first kappa shape index (κ1) is 18.9. The third-order valence-electron chi connectivity index (χ3n) is 5.12. The molecule has 9 heteroatoms. The minimum absolute atomic E-state index is 0.103. The van der Waals surface area contributed by atoms with Crippen molar-refractivity contribution in [1.29, 1.82) is 0 Å². The molecule has 150 valence electrons. The van der Waals surface area contributed by atoms with Crippen molar-refractivity contribution in [3.05, 3.63) is 68.0 Å². The number of ether oxygens (including phenoxy) is 1. The van der Waals surface area contributed by atoms with Crippen molar-refractivity contribution in [2.45, 2.75) is 13.0 Å². The summed E-state index contributed by atoms with van der Waals surface area (Å²) in [6, 6.07) is 8.94. The fourth-order valence-corrected chi connectivity index (χ4v) is 3.78. The average Bonchev–Trinajstić information content (AvgIpc) is 2.72. The van der Waals surface area contributed by atoms with E-state index in [4.69, 9.17) is 4.74 Å². The van der Waals surface area contributed by atoms with Crippen LogP contribution in [0.25, 0.3) is 11.0 Å². The minimum atomic E-state index is -0.659. The number of aromatic nitrogens is 3. The van der Waals surface area contributed by atoms with E-state index in [1.807, 2.05) is 24.3 Å². The van der Waals surface area contributed by atoms with E-state index in [2.05, 4.69) is 20.3 Å². The number of fused-ring (bicyclic) bond motifs is 1. The molecule has 1 aliphatic rings. The maximum absolute atomic E-state index is 13.4. The van der Waals surface area contributed by atoms with E-state index in [1.54, 1.807) is 25.0 Å². The average molecular weight is 395 g/mol. The molecule has 1 atom stereocenters. The van der Waals surface area contributed by atoms with Crippen molar-refractivity contribution in [2.75, 3.05) is 26.7 Å². The van der Waals surface area contributed by atoms with Crippen LogP contribution >= 0.6 is 0 Å². The second kappa shape index (κ2) is 7.51. The molecule has 1 aliphatic heterocycles. The van der Waals surface area contributed by atoms with Gasteiger partial charge < -0.3 is 15.0 Å². The highest BCUT2D eigenvalue weighted by atomic mass is 16.5. The summed E-state index contributed by atoms with van der Waals surface area (Å²) < 4.78 is 5.48. The van der Waals surface area contributed by atoms with E-state index in [1.165, 1.54) is 0 Å². The number of nitrogens with one attached hydrogen (secondary N) is 3. The quantitative estimate of drug-likeness (QED) is 0.601. The zero-order valence-corrected chi connectivity index (χ0v) is 16.1. The van der Waals surface area contributed by atoms with Gasteiger partial charge in [-0.2, -0.15) is 0 Å². The molecule has 0 spiro atoms. The van der Waals surface area contributed by atoms with Crippen molar-refractivity contribution >= 4 is 16.9 Å². The summed E-state index contributed by atoms with van der Waals surface area (Å²) in [6.07, 6.45) is 0. The number of aryl methyl sites for hydroxylation is 1. The molecule has 4 rings (SSSR count). The summed E-state index contributed by atoms with van der Waals surface area (Å²) in [6.45, 7) is 3.44. The summed E-state index contributed by atoms with van der Waals surface area (Å²) in [4.78, 5) is 47.8. The van der Waals surface area contributed by atoms with Crippen LogP contribution in [0.2, 0.25) is 0 Å². The monoisotopic (exact) mass is 395 g/mol. The van der Waals surface area contributed by atoms with Crippen LogP contribution in [0, 0.1) is 6.92 Å². The molecule has 29 heavy (non-hydrogen) atoms. The number of piperazine rings is 1. The minimum Gasteiger partial charge on any atom is -0.496 e. The molecular weight excluding hydrogens is 374 g/mol. The highest BCUT2D eigenvalue weighted by Gasteiger charge is 2.31. The number of nitrogens with zero attached hydrogens (tertiary/aromatic N) is 2. The van der Waals surface area contributed by atoms with E-state index < -0.39 is 11.2 Å². The van der Waals surface area contributed by atoms with E-state index in [-0.39, 0.29) is 28.7 Å². The first-order valence-electron chi connectivity index (χ1n) is 9.28. The van der Waals surface area contributed by atoms with Crippen molar-refractivity contribution in [3.8, 4) is 5.75 Å². The lowest BCUT2D eigenvalue weighted by molar-refractivity contribution is 0.0626. The fraction of sp³-hybridized carbons (Fsp3) is 0.300. The molecule has 3 aromatic rings. The largest absolute Gasteiger partial charge is 0.496 e. The Morgan fingerprint density at radius 3 is 2.83 bits per heavy atom. The van der Waals surface area contributed by atoms with Crippen LogP contribution in [-0.4, -0.2) is 52.5 Å². The van der Waals surface area contributed by atoms with Crippen LogP contribution in [0.1, 0.15) is 27.7 Å². The standard InChI is InChI=1S/C20H21N5O4/c1-11-9-13(22-17-16(11)18(26)24-20(28)23-17)19(27)25-8-7-21-10-14(25)12-5-3-4-6-15(12)29-2/h3-6,9,14,21H,7-8,10H2,1-2H3,(H2,22,23,24,26,28). The van der Waals surface area contributed by atoms with Crippen molar-refractivity contribution in [1.82, 2.24) is 25.2 Å². The zero-order chi connectivity index (χ0) is 20.5. The number of H-pyrrole nitrogens is 2. The van der Waals surface area contributed by atoms with Gasteiger partial charge in [-0.15, -0.1) is 0 Å². The predicted octanol–water partition coefficient (Wildman–Crippen LogP) is 0.715. The van der Waals surface area contributed by atoms with E-state index in [0.717, 1.165) is 5.56 Å². The Morgan fingerprint density at radius 2 is 2.03 bits per heavy atom. The Bertz CT molecular complexity index is 1200. The van der Waals surface area contributed by atoms with E-state index in [0.29, 0.717) is 30.9 Å². The smallest absolute Gasteiger partial charge is 0.327 e. The fourth-order valence-electron chi connectivity index (χ4n) is 3.78. The molecule has 1 amide bonds. The summed E-state index contributed by atoms with van der Waals surface area (Å²) in [5.41, 5.74) is 0.566. The first-order chi connectivity index (χ1) is 14.0. The maximum atomic E-state index is 13.4. The van der Waals surface area contributed by atoms with E-state index >= 15 is 0 Å². The molecule has 0 radical (unpaired) electrons. The number of carbonyl (C=O) groups excluding carboxylic acids is 1. The van der Waals surface area contributed by atoms with Gasteiger partial charge in [0.1, 0.15) is 17.1 Å². The van der Waals surface area contributed by atoms with Crippen molar-refractivity contribution in [3.63, 3.8) is 0 Å². The van der Waals surface area contributed by atoms with Crippen molar-refractivity contribution in [2.24, 2.45) is 0 Å². The lowest BCUT2D eigenvalue weighted by Crippen LogP contribution is -2.49. The Hall–Kier alpha value is -3.46. The number of methoxy groups -OCH3 is 1. The van der Waals surface area contributed by atoms with Crippen LogP contribution in [-0.2, 0) is 0 Å². The molecular formula is C20H21N5O4. The number of pyridine rings is 1. The summed E-state index contributed by atoms with van der Waals surface area (Å²) >= 11 is 0. The van der Waals surface area contributed by atoms with Crippen LogP contribution in [0.15, 0.2) is 39.9 Å². The number of carbonyl (C=O) groups is 1. The molecule has 9 nitrogen and oxygen atoms in total. The van der Waals surface area contributed by atoms with Gasteiger partial charge in [-0.25, -0.2) is 9.78 Å². The Balaban J connectivity index is 1.78. The highest BCUT2D eigenvalue weighted by molar-refractivity contribution is 5.95. The predicted molar refractivity (Wildman–Crippen MR) is 107 cm³/mol. The number of amides is 1. The van der Waals surface area contributed by atoms with Crippen LogP contribution in [0.5, 0.6) is 5.75 Å². The Kier molecular flexibility index (Phi) is 4.89. The Morgan fingerprint density at radius 1 is 1.24 bits per heavy atom. The lowest BCUT2D eigenvalue weighted by Gasteiger charge is -2.37. The molecule has 0 saturated carbocycles. The third kappa shape index (κ3) is 3.40. The van der Waals surface area contributed by atoms with Gasteiger partial charge in [0, 0.05) is 25.2 Å². The lowest BCUT2D eigenvalue weighted by atomic mass is 10.0.